The molecule has 0 aliphatic carbocycles. The van der Waals surface area contributed by atoms with Crippen molar-refractivity contribution in [2.45, 2.75) is 16.7 Å². The van der Waals surface area contributed by atoms with E-state index in [9.17, 15) is 31.0 Å². The van der Waals surface area contributed by atoms with E-state index in [1.165, 1.54) is 6.07 Å². The van der Waals surface area contributed by atoms with Gasteiger partial charge in [-0.3, -0.25) is 9.11 Å². The highest BCUT2D eigenvalue weighted by atomic mass is 32.2. The van der Waals surface area contributed by atoms with Crippen molar-refractivity contribution in [3.8, 4) is 11.5 Å². The predicted molar refractivity (Wildman–Crippen MR) is 118 cm³/mol. The number of anilines is 1. The Morgan fingerprint density at radius 3 is 2.06 bits per heavy atom. The van der Waals surface area contributed by atoms with Crippen molar-refractivity contribution in [3.63, 3.8) is 0 Å². The largest absolute Gasteiger partial charge is 0.507 e. The Morgan fingerprint density at radius 1 is 0.909 bits per heavy atom. The number of nitrogens with two attached hydrogens (primary N) is 1. The summed E-state index contributed by atoms with van der Waals surface area (Å²) >= 11 is 0. The normalized spacial score (nSPS) is 12.5. The topological polar surface area (TPSA) is 209 Å². The number of nitrogens with zero attached hydrogens (tertiary/aromatic N) is 2. The molecule has 12 nitrogen and oxygen atoms in total. The maximum atomic E-state index is 11.7. The number of phenolic OH excluding ortho intramolecular Hbond substituents is 1. The molecule has 3 aromatic rings. The molecule has 0 fully saturated rings. The molecule has 0 amide bonds. The number of phenols is 1. The molecule has 0 bridgehead atoms. The van der Waals surface area contributed by atoms with Crippen LogP contribution in [0, 0.1) is 6.92 Å². The molecule has 0 atom stereocenters. The fourth-order valence-electron chi connectivity index (χ4n) is 2.99. The Morgan fingerprint density at radius 2 is 1.48 bits per heavy atom. The number of benzene rings is 3. The minimum atomic E-state index is -4.75. The van der Waals surface area contributed by atoms with Gasteiger partial charge in [0.25, 0.3) is 20.2 Å². The fraction of sp³-hybridized carbons (Fsp3) is 0.158. The van der Waals surface area contributed by atoms with Gasteiger partial charge in [0, 0.05) is 12.1 Å². The maximum absolute atomic E-state index is 11.7. The number of rotatable bonds is 7. The van der Waals surface area contributed by atoms with Gasteiger partial charge < -0.3 is 20.7 Å². The molecule has 6 N–H and O–H groups in total. The van der Waals surface area contributed by atoms with Crippen molar-refractivity contribution in [1.29, 1.82) is 0 Å². The monoisotopic (exact) mass is 497 g/mol. The number of aromatic hydroxyl groups is 1. The molecular formula is C19H19N3O9S2. The first-order chi connectivity index (χ1) is 15.3. The molecule has 0 saturated heterocycles. The van der Waals surface area contributed by atoms with Crippen LogP contribution in [-0.2, 0) is 20.2 Å². The van der Waals surface area contributed by atoms with Crippen molar-refractivity contribution in [2.75, 3.05) is 18.9 Å². The summed E-state index contributed by atoms with van der Waals surface area (Å²) in [6.45, 7) is 1.40. The molecule has 14 heteroatoms. The predicted octanol–water partition coefficient (Wildman–Crippen LogP) is 2.72. The van der Waals surface area contributed by atoms with Gasteiger partial charge in [-0.25, -0.2) is 0 Å². The third-order valence-corrected chi connectivity index (χ3v) is 6.16. The second-order valence-electron chi connectivity index (χ2n) is 6.88. The molecule has 0 aliphatic heterocycles. The highest BCUT2D eigenvalue weighted by Gasteiger charge is 2.20. The minimum Gasteiger partial charge on any atom is -0.507 e. The summed E-state index contributed by atoms with van der Waals surface area (Å²) in [5.41, 5.74) is 6.78. The molecule has 0 aliphatic rings. The molecule has 3 rings (SSSR count). The maximum Gasteiger partial charge on any atom is 0.294 e. The number of hydrogen-bond acceptors (Lipinski definition) is 10. The number of aryl methyl sites for hydroxylation is 1. The summed E-state index contributed by atoms with van der Waals surface area (Å²) in [5, 5.41) is 27.1. The Balaban J connectivity index is 2.23. The van der Waals surface area contributed by atoms with E-state index in [-0.39, 0.29) is 46.8 Å². The Kier molecular flexibility index (Phi) is 6.58. The van der Waals surface area contributed by atoms with Crippen molar-refractivity contribution in [2.24, 2.45) is 10.2 Å². The van der Waals surface area contributed by atoms with Gasteiger partial charge in [-0.05, 0) is 42.1 Å². The molecule has 0 spiro atoms. The molecule has 0 saturated carbocycles. The van der Waals surface area contributed by atoms with Gasteiger partial charge in [-0.1, -0.05) is 0 Å². The SMILES string of the molecule is Cc1cc(N)c(OCCO)cc1N=Nc1cc(S(=O)(=O)O)cc2cc(S(=O)(=O)O)cc(O)c12. The van der Waals surface area contributed by atoms with Gasteiger partial charge >= 0.3 is 0 Å². The van der Waals surface area contributed by atoms with Crippen molar-refractivity contribution >= 4 is 48.1 Å². The lowest BCUT2D eigenvalue weighted by atomic mass is 10.1. The van der Waals surface area contributed by atoms with Crippen LogP contribution in [0.2, 0.25) is 0 Å². The van der Waals surface area contributed by atoms with E-state index in [0.29, 0.717) is 5.56 Å². The first-order valence-electron chi connectivity index (χ1n) is 9.12. The van der Waals surface area contributed by atoms with Crippen molar-refractivity contribution < 1.29 is 40.9 Å². The zero-order valence-electron chi connectivity index (χ0n) is 17.0. The highest BCUT2D eigenvalue weighted by Crippen LogP contribution is 2.39. The van der Waals surface area contributed by atoms with Gasteiger partial charge in [-0.15, -0.1) is 5.11 Å². The third-order valence-electron chi connectivity index (χ3n) is 4.49. The summed E-state index contributed by atoms with van der Waals surface area (Å²) in [4.78, 5) is -1.33. The molecule has 176 valence electrons. The Bertz CT molecular complexity index is 1480. The number of aliphatic hydroxyl groups excluding tert-OH is 1. The van der Waals surface area contributed by atoms with Crippen LogP contribution in [0.1, 0.15) is 5.56 Å². The smallest absolute Gasteiger partial charge is 0.294 e. The molecule has 33 heavy (non-hydrogen) atoms. The quantitative estimate of drug-likeness (QED) is 0.183. The third kappa shape index (κ3) is 5.37. The average molecular weight is 498 g/mol. The van der Waals surface area contributed by atoms with E-state index in [0.717, 1.165) is 24.3 Å². The molecule has 0 heterocycles. The highest BCUT2D eigenvalue weighted by molar-refractivity contribution is 7.86. The number of azo groups is 1. The lowest BCUT2D eigenvalue weighted by Gasteiger charge is -2.11. The lowest BCUT2D eigenvalue weighted by Crippen LogP contribution is -2.04. The summed E-state index contributed by atoms with van der Waals surface area (Å²) in [7, 11) is -9.47. The Labute approximate surface area is 188 Å². The van der Waals surface area contributed by atoms with Gasteiger partial charge in [0.1, 0.15) is 18.1 Å². The number of aliphatic hydroxyl groups is 1. The molecular weight excluding hydrogens is 478 g/mol. The van der Waals surface area contributed by atoms with Crippen LogP contribution in [0.4, 0.5) is 17.1 Å². The van der Waals surface area contributed by atoms with E-state index < -0.39 is 35.8 Å². The summed E-state index contributed by atoms with van der Waals surface area (Å²) < 4.78 is 70.4. The molecule has 0 aromatic heterocycles. The van der Waals surface area contributed by atoms with Crippen molar-refractivity contribution in [3.05, 3.63) is 42.0 Å². The Hall–Kier alpha value is -3.30. The number of nitrogen functional groups attached to an aromatic ring is 1. The van der Waals surface area contributed by atoms with Gasteiger partial charge in [0.05, 0.1) is 38.8 Å². The van der Waals surface area contributed by atoms with Crippen LogP contribution < -0.4 is 10.5 Å². The van der Waals surface area contributed by atoms with E-state index in [2.05, 4.69) is 10.2 Å². The van der Waals surface area contributed by atoms with Gasteiger partial charge in [0.15, 0.2) is 0 Å². The van der Waals surface area contributed by atoms with Gasteiger partial charge in [-0.2, -0.15) is 21.9 Å². The van der Waals surface area contributed by atoms with E-state index in [1.807, 2.05) is 0 Å². The van der Waals surface area contributed by atoms with Crippen LogP contribution >= 0.6 is 0 Å². The minimum absolute atomic E-state index is 0.0190. The zero-order valence-corrected chi connectivity index (χ0v) is 18.6. The lowest BCUT2D eigenvalue weighted by molar-refractivity contribution is 0.202. The summed E-state index contributed by atoms with van der Waals surface area (Å²) in [5.74, 6) is -0.405. The number of fused-ring (bicyclic) bond motifs is 1. The van der Waals surface area contributed by atoms with E-state index in [4.69, 9.17) is 15.6 Å². The summed E-state index contributed by atoms with van der Waals surface area (Å²) in [6, 6.07) is 6.50. The number of ether oxygens (including phenoxy) is 1. The van der Waals surface area contributed by atoms with Crippen molar-refractivity contribution in [1.82, 2.24) is 0 Å². The average Bonchev–Trinajstić information content (AvgIpc) is 2.70. The fourth-order valence-corrected chi connectivity index (χ4v) is 4.06. The molecule has 0 radical (unpaired) electrons. The van der Waals surface area contributed by atoms with Crippen LogP contribution in [0.15, 0.2) is 56.4 Å². The molecule has 0 unspecified atom stereocenters. The van der Waals surface area contributed by atoms with Gasteiger partial charge in [0.2, 0.25) is 0 Å². The number of hydrogen-bond donors (Lipinski definition) is 5. The second kappa shape index (κ2) is 8.92. The van der Waals surface area contributed by atoms with Crippen LogP contribution in [-0.4, -0.2) is 49.4 Å². The summed E-state index contributed by atoms with van der Waals surface area (Å²) in [6.07, 6.45) is 0. The van der Waals surface area contributed by atoms with Crippen LogP contribution in [0.5, 0.6) is 11.5 Å². The van der Waals surface area contributed by atoms with Crippen LogP contribution in [0.3, 0.4) is 0 Å². The first-order valence-corrected chi connectivity index (χ1v) is 12.0. The van der Waals surface area contributed by atoms with E-state index >= 15 is 0 Å². The second-order valence-corrected chi connectivity index (χ2v) is 9.72. The van der Waals surface area contributed by atoms with Crippen LogP contribution in [0.25, 0.3) is 10.8 Å². The standard InChI is InChI=1S/C19H19N3O9S2/c1-10-4-14(20)18(31-3-2-23)9-15(10)21-22-16-7-12(32(25,26)27)5-11-6-13(33(28,29)30)8-17(24)19(11)16/h4-9,23-24H,2-3,20H2,1H3,(H,25,26,27)(H,28,29,30). The molecule has 3 aromatic carbocycles. The van der Waals surface area contributed by atoms with E-state index in [1.54, 1.807) is 13.0 Å². The first kappa shape index (κ1) is 24.3. The zero-order chi connectivity index (χ0) is 24.6.